The van der Waals surface area contributed by atoms with Crippen LogP contribution in [0.15, 0.2) is 6.20 Å². The van der Waals surface area contributed by atoms with Gasteiger partial charge in [-0.2, -0.15) is 0 Å². The zero-order valence-electron chi connectivity index (χ0n) is 20.1. The highest BCUT2D eigenvalue weighted by Gasteiger charge is 2.56. The highest BCUT2D eigenvalue weighted by molar-refractivity contribution is 5.76. The van der Waals surface area contributed by atoms with Crippen LogP contribution in [0.4, 0.5) is 0 Å². The first-order chi connectivity index (χ1) is 17.8. The van der Waals surface area contributed by atoms with Crippen LogP contribution in [0.3, 0.4) is 0 Å². The molecule has 2 aliphatic rings. The molecule has 18 heteroatoms. The van der Waals surface area contributed by atoms with Gasteiger partial charge in [0.1, 0.15) is 48.4 Å². The lowest BCUT2D eigenvalue weighted by Crippen LogP contribution is -2.67. The molecule has 1 aromatic heterocycles. The fourth-order valence-electron chi connectivity index (χ4n) is 4.39. The van der Waals surface area contributed by atoms with E-state index in [0.29, 0.717) is 0 Å². The van der Waals surface area contributed by atoms with Crippen LogP contribution in [-0.2, 0) is 30.4 Å². The van der Waals surface area contributed by atoms with E-state index in [1.165, 1.54) is 0 Å². The average molecular weight is 552 g/mol. The number of ether oxygens (including phenoxy) is 3. The number of aromatic nitrogens is 3. The number of rotatable bonds is 10. The summed E-state index contributed by atoms with van der Waals surface area (Å²) in [4.78, 5) is 23.8. The third kappa shape index (κ3) is 6.10. The summed E-state index contributed by atoms with van der Waals surface area (Å²) in [5.74, 6) is -5.00. The molecule has 3 heterocycles. The summed E-state index contributed by atoms with van der Waals surface area (Å²) < 4.78 is 16.8. The lowest BCUT2D eigenvalue weighted by Gasteiger charge is -2.46. The SMILES string of the molecule is CC(=O)N[C@H]1[C@H]([C@H](O)[C@H](O)CO)O[C@@](OCc2cn([C@H]3[C@@H](O)[C@H](O)O[C@H](CO)[C@@H]3O)nn2)(C(=O)O)C[C@@H]1O. The second-order valence-electron chi connectivity index (χ2n) is 9.08. The van der Waals surface area contributed by atoms with Crippen LogP contribution in [0.1, 0.15) is 25.1 Å². The van der Waals surface area contributed by atoms with E-state index in [9.17, 15) is 55.5 Å². The predicted molar refractivity (Wildman–Crippen MR) is 116 cm³/mol. The Hall–Kier alpha value is -2.36. The monoisotopic (exact) mass is 552 g/mol. The van der Waals surface area contributed by atoms with Crippen molar-refractivity contribution in [1.82, 2.24) is 20.3 Å². The molecular weight excluding hydrogens is 520 g/mol. The van der Waals surface area contributed by atoms with E-state index in [1.807, 2.05) is 0 Å². The van der Waals surface area contributed by atoms with Gasteiger partial charge in [0.05, 0.1) is 38.2 Å². The Morgan fingerprint density at radius 3 is 2.50 bits per heavy atom. The second-order valence-corrected chi connectivity index (χ2v) is 9.08. The van der Waals surface area contributed by atoms with Gasteiger partial charge < -0.3 is 65.5 Å². The number of aliphatic hydroxyl groups excluding tert-OH is 8. The standard InChI is InChI=1S/C20H32N4O14/c1-7(27)21-12-9(28)2-20(19(34)35,38-17(12)14(30)10(29)4-25)36-6-8-3-24(23-22-8)13-15(31)11(5-26)37-18(33)16(13)32/h3,9-18,25-26,28-33H,2,4-6H2,1H3,(H,21,27)(H,34,35)/t9-,10+,11+,12+,13+,14+,15-,16+,17+,18+,20+/m0/s1. The molecule has 0 saturated carbocycles. The molecule has 38 heavy (non-hydrogen) atoms. The maximum Gasteiger partial charge on any atom is 0.364 e. The van der Waals surface area contributed by atoms with Crippen molar-refractivity contribution in [1.29, 1.82) is 0 Å². The topological polar surface area (TPSA) is 287 Å². The fraction of sp³-hybridized carbons (Fsp3) is 0.800. The molecule has 2 fully saturated rings. The normalized spacial score (nSPS) is 37.4. The van der Waals surface area contributed by atoms with Gasteiger partial charge in [0.15, 0.2) is 6.29 Å². The fourth-order valence-corrected chi connectivity index (χ4v) is 4.39. The Balaban J connectivity index is 1.82. The number of carbonyl (C=O) groups is 2. The summed E-state index contributed by atoms with van der Waals surface area (Å²) in [7, 11) is 0. The number of nitrogens with one attached hydrogen (secondary N) is 1. The van der Waals surface area contributed by atoms with E-state index in [4.69, 9.17) is 14.2 Å². The van der Waals surface area contributed by atoms with Gasteiger partial charge in [0, 0.05) is 13.3 Å². The molecular formula is C20H32N4O14. The predicted octanol–water partition coefficient (Wildman–Crippen LogP) is -6.08. The first kappa shape index (κ1) is 30.2. The molecule has 2 aliphatic heterocycles. The summed E-state index contributed by atoms with van der Waals surface area (Å²) in [6, 6.07) is -2.68. The summed E-state index contributed by atoms with van der Waals surface area (Å²) in [5, 5.41) is 99.7. The van der Waals surface area contributed by atoms with E-state index < -0.39 is 105 Å². The molecule has 0 spiro atoms. The first-order valence-corrected chi connectivity index (χ1v) is 11.5. The van der Waals surface area contributed by atoms with Crippen molar-refractivity contribution in [3.8, 4) is 0 Å². The van der Waals surface area contributed by atoms with E-state index in [2.05, 4.69) is 15.6 Å². The molecule has 0 unspecified atom stereocenters. The van der Waals surface area contributed by atoms with Gasteiger partial charge in [-0.05, 0) is 0 Å². The van der Waals surface area contributed by atoms with Crippen molar-refractivity contribution < 1.29 is 69.8 Å². The van der Waals surface area contributed by atoms with E-state index in [-0.39, 0.29) is 5.69 Å². The van der Waals surface area contributed by atoms with Crippen molar-refractivity contribution in [2.75, 3.05) is 13.2 Å². The minimum absolute atomic E-state index is 0.0545. The maximum atomic E-state index is 12.2. The molecule has 11 atom stereocenters. The lowest BCUT2D eigenvalue weighted by atomic mass is 9.88. The van der Waals surface area contributed by atoms with Crippen molar-refractivity contribution in [2.45, 2.75) is 86.8 Å². The minimum atomic E-state index is -2.62. The molecule has 216 valence electrons. The van der Waals surface area contributed by atoms with Gasteiger partial charge in [0.2, 0.25) is 5.91 Å². The van der Waals surface area contributed by atoms with Gasteiger partial charge in [-0.25, -0.2) is 9.48 Å². The van der Waals surface area contributed by atoms with Crippen molar-refractivity contribution in [3.63, 3.8) is 0 Å². The zero-order valence-corrected chi connectivity index (χ0v) is 20.1. The van der Waals surface area contributed by atoms with Crippen LogP contribution >= 0.6 is 0 Å². The van der Waals surface area contributed by atoms with Gasteiger partial charge >= 0.3 is 5.97 Å². The van der Waals surface area contributed by atoms with Crippen LogP contribution in [0.2, 0.25) is 0 Å². The number of carboxylic acid groups (broad SMARTS) is 1. The number of hydrogen-bond donors (Lipinski definition) is 10. The number of aliphatic carboxylic acids is 1. The van der Waals surface area contributed by atoms with Crippen LogP contribution in [0, 0.1) is 0 Å². The summed E-state index contributed by atoms with van der Waals surface area (Å²) in [5.41, 5.74) is -0.0545. The molecule has 0 aromatic carbocycles. The van der Waals surface area contributed by atoms with Crippen molar-refractivity contribution in [2.24, 2.45) is 0 Å². The molecule has 0 radical (unpaired) electrons. The molecule has 0 bridgehead atoms. The highest BCUT2D eigenvalue weighted by atomic mass is 16.7. The van der Waals surface area contributed by atoms with Gasteiger partial charge in [-0.15, -0.1) is 5.10 Å². The van der Waals surface area contributed by atoms with E-state index in [0.717, 1.165) is 17.8 Å². The zero-order chi connectivity index (χ0) is 28.4. The van der Waals surface area contributed by atoms with Gasteiger partial charge in [0.25, 0.3) is 5.79 Å². The second kappa shape index (κ2) is 12.2. The molecule has 1 amide bonds. The lowest BCUT2D eigenvalue weighted by molar-refractivity contribution is -0.315. The van der Waals surface area contributed by atoms with Crippen molar-refractivity contribution >= 4 is 11.9 Å². The van der Waals surface area contributed by atoms with Crippen molar-refractivity contribution in [3.05, 3.63) is 11.9 Å². The third-order valence-electron chi connectivity index (χ3n) is 6.37. The molecule has 1 aromatic rings. The Morgan fingerprint density at radius 2 is 1.92 bits per heavy atom. The third-order valence-corrected chi connectivity index (χ3v) is 6.37. The van der Waals surface area contributed by atoms with Crippen LogP contribution in [-0.4, -0.2) is 147 Å². The molecule has 2 saturated heterocycles. The van der Waals surface area contributed by atoms with Gasteiger partial charge in [-0.1, -0.05) is 5.21 Å². The number of nitrogens with zero attached hydrogens (tertiary/aromatic N) is 3. The summed E-state index contributed by atoms with van der Waals surface area (Å²) in [6.07, 6.45) is -12.9. The smallest absolute Gasteiger partial charge is 0.364 e. The summed E-state index contributed by atoms with van der Waals surface area (Å²) >= 11 is 0. The van der Waals surface area contributed by atoms with E-state index in [1.54, 1.807) is 0 Å². The van der Waals surface area contributed by atoms with Crippen LogP contribution in [0.25, 0.3) is 0 Å². The largest absolute Gasteiger partial charge is 0.477 e. The highest BCUT2D eigenvalue weighted by Crippen LogP contribution is 2.34. The number of carbonyl (C=O) groups excluding carboxylic acids is 1. The number of carboxylic acids is 1. The maximum absolute atomic E-state index is 12.2. The van der Waals surface area contributed by atoms with Crippen LogP contribution in [0.5, 0.6) is 0 Å². The number of aliphatic hydroxyl groups is 8. The van der Waals surface area contributed by atoms with Crippen LogP contribution < -0.4 is 5.32 Å². The Labute approximate surface area is 214 Å². The molecule has 18 nitrogen and oxygen atoms in total. The number of hydrogen-bond acceptors (Lipinski definition) is 15. The molecule has 3 rings (SSSR count). The Kier molecular flexibility index (Phi) is 9.71. The Morgan fingerprint density at radius 1 is 1.24 bits per heavy atom. The molecule has 0 aliphatic carbocycles. The quantitative estimate of drug-likeness (QED) is 0.129. The molecule has 10 N–H and O–H groups in total. The van der Waals surface area contributed by atoms with E-state index >= 15 is 0 Å². The van der Waals surface area contributed by atoms with Gasteiger partial charge in [-0.3, -0.25) is 4.79 Å². The first-order valence-electron chi connectivity index (χ1n) is 11.5. The summed E-state index contributed by atoms with van der Waals surface area (Å²) in [6.45, 7) is -1.14. The Bertz CT molecular complexity index is 966. The minimum Gasteiger partial charge on any atom is -0.477 e. The average Bonchev–Trinajstić information content (AvgIpc) is 3.33. The number of amides is 1.